The lowest BCUT2D eigenvalue weighted by Crippen LogP contribution is -2.50. The third-order valence-electron chi connectivity index (χ3n) is 5.28. The second-order valence-corrected chi connectivity index (χ2v) is 7.01. The minimum atomic E-state index is -1.75. The van der Waals surface area contributed by atoms with Crippen molar-refractivity contribution in [1.82, 2.24) is 9.88 Å². The molecule has 0 unspecified atom stereocenters. The van der Waals surface area contributed by atoms with Crippen LogP contribution in [0, 0.1) is 0 Å². The van der Waals surface area contributed by atoms with E-state index in [2.05, 4.69) is 11.1 Å². The van der Waals surface area contributed by atoms with Crippen molar-refractivity contribution in [2.45, 2.75) is 24.9 Å². The van der Waals surface area contributed by atoms with Gasteiger partial charge in [-0.1, -0.05) is 6.07 Å². The smallest absolute Gasteiger partial charge is 0.335 e. The molecule has 0 radical (unpaired) electrons. The lowest BCUT2D eigenvalue weighted by molar-refractivity contribution is -0.162. The topological polar surface area (TPSA) is 100.0 Å². The number of likely N-dealkylation sites (tertiary alicyclic amines) is 1. The number of hydrogen-bond acceptors (Lipinski definition) is 5. The molecule has 7 nitrogen and oxygen atoms in total. The van der Waals surface area contributed by atoms with Gasteiger partial charge in [-0.25, -0.2) is 4.79 Å². The fourth-order valence-electron chi connectivity index (χ4n) is 3.56. The van der Waals surface area contributed by atoms with Gasteiger partial charge in [0.15, 0.2) is 5.60 Å². The van der Waals surface area contributed by atoms with Gasteiger partial charge < -0.3 is 19.8 Å². The van der Waals surface area contributed by atoms with Crippen LogP contribution in [0.4, 0.5) is 0 Å². The standard InChI is InChI=1S/C20H20N2O5/c23-18(22-6-4-20(26,5-7-22)19(24)25)16-10-15(11-21-12-16)13-1-2-17-14(9-13)3-8-27-17/h1-2,9-12,26H,3-8H2,(H,24,25). The van der Waals surface area contributed by atoms with Crippen LogP contribution in [0.5, 0.6) is 5.75 Å². The van der Waals surface area contributed by atoms with Crippen molar-refractivity contribution < 1.29 is 24.5 Å². The van der Waals surface area contributed by atoms with E-state index in [-0.39, 0.29) is 31.8 Å². The van der Waals surface area contributed by atoms with Gasteiger partial charge in [0.05, 0.1) is 12.2 Å². The summed E-state index contributed by atoms with van der Waals surface area (Å²) in [5, 5.41) is 19.1. The highest BCUT2D eigenvalue weighted by molar-refractivity contribution is 5.95. The number of pyridine rings is 1. The maximum Gasteiger partial charge on any atom is 0.335 e. The van der Waals surface area contributed by atoms with Crippen LogP contribution in [0.3, 0.4) is 0 Å². The van der Waals surface area contributed by atoms with E-state index in [1.54, 1.807) is 17.2 Å². The SMILES string of the molecule is O=C(c1cncc(-c2ccc3c(c2)CCO3)c1)N1CCC(O)(C(=O)O)CC1. The number of carboxylic acid groups (broad SMARTS) is 1. The molecular weight excluding hydrogens is 348 g/mol. The zero-order valence-corrected chi connectivity index (χ0v) is 14.7. The van der Waals surface area contributed by atoms with Gasteiger partial charge in [0.25, 0.3) is 5.91 Å². The Morgan fingerprint density at radius 3 is 2.63 bits per heavy atom. The van der Waals surface area contributed by atoms with E-state index in [0.717, 1.165) is 28.9 Å². The molecule has 2 aromatic rings. The fourth-order valence-corrected chi connectivity index (χ4v) is 3.56. The fraction of sp³-hybridized carbons (Fsp3) is 0.350. The monoisotopic (exact) mass is 368 g/mol. The molecule has 1 amide bonds. The van der Waals surface area contributed by atoms with Crippen LogP contribution >= 0.6 is 0 Å². The zero-order valence-electron chi connectivity index (χ0n) is 14.7. The molecule has 2 aliphatic heterocycles. The summed E-state index contributed by atoms with van der Waals surface area (Å²) in [5.41, 5.74) is 1.66. The molecule has 0 saturated carbocycles. The van der Waals surface area contributed by atoms with Gasteiger partial charge in [-0.05, 0) is 29.3 Å². The van der Waals surface area contributed by atoms with Crippen molar-refractivity contribution in [3.63, 3.8) is 0 Å². The number of rotatable bonds is 3. The van der Waals surface area contributed by atoms with Crippen LogP contribution in [0.25, 0.3) is 11.1 Å². The second-order valence-electron chi connectivity index (χ2n) is 7.01. The first-order valence-corrected chi connectivity index (χ1v) is 8.92. The second kappa shape index (κ2) is 6.66. The van der Waals surface area contributed by atoms with Crippen molar-refractivity contribution in [2.24, 2.45) is 0 Å². The number of carbonyl (C=O) groups is 2. The summed E-state index contributed by atoms with van der Waals surface area (Å²) in [6.45, 7) is 1.08. The molecule has 0 atom stereocenters. The number of nitrogens with zero attached hydrogens (tertiary/aromatic N) is 2. The number of ether oxygens (including phenoxy) is 1. The number of aliphatic hydroxyl groups is 1. The van der Waals surface area contributed by atoms with Gasteiger partial charge in [0.2, 0.25) is 0 Å². The Morgan fingerprint density at radius 2 is 1.89 bits per heavy atom. The highest BCUT2D eigenvalue weighted by atomic mass is 16.5. The first-order valence-electron chi connectivity index (χ1n) is 8.92. The number of aromatic nitrogens is 1. The van der Waals surface area contributed by atoms with E-state index in [1.165, 1.54) is 6.20 Å². The molecule has 2 N–H and O–H groups in total. The molecule has 27 heavy (non-hydrogen) atoms. The van der Waals surface area contributed by atoms with E-state index in [4.69, 9.17) is 9.84 Å². The highest BCUT2D eigenvalue weighted by Crippen LogP contribution is 2.31. The molecule has 0 spiro atoms. The lowest BCUT2D eigenvalue weighted by Gasteiger charge is -2.35. The first-order chi connectivity index (χ1) is 13.0. The Kier molecular flexibility index (Phi) is 4.31. The summed E-state index contributed by atoms with van der Waals surface area (Å²) < 4.78 is 5.53. The van der Waals surface area contributed by atoms with Crippen LogP contribution in [0.1, 0.15) is 28.8 Å². The number of aliphatic carboxylic acids is 1. The first kappa shape index (κ1) is 17.5. The molecular formula is C20H20N2O5. The van der Waals surface area contributed by atoms with Gasteiger partial charge >= 0.3 is 5.97 Å². The number of carbonyl (C=O) groups excluding carboxylic acids is 1. The van der Waals surface area contributed by atoms with Crippen LogP contribution in [0.2, 0.25) is 0 Å². The van der Waals surface area contributed by atoms with Gasteiger partial charge in [-0.15, -0.1) is 0 Å². The maximum atomic E-state index is 12.8. The molecule has 3 heterocycles. The molecule has 2 aliphatic rings. The summed E-state index contributed by atoms with van der Waals surface area (Å²) in [6.07, 6.45) is 4.14. The van der Waals surface area contributed by atoms with Gasteiger partial charge in [0.1, 0.15) is 5.75 Å². The third-order valence-corrected chi connectivity index (χ3v) is 5.28. The number of amides is 1. The van der Waals surface area contributed by atoms with Crippen molar-refractivity contribution in [3.05, 3.63) is 47.8 Å². The summed E-state index contributed by atoms with van der Waals surface area (Å²) in [6, 6.07) is 7.74. The molecule has 1 fully saturated rings. The number of piperidine rings is 1. The summed E-state index contributed by atoms with van der Waals surface area (Å²) in [5.74, 6) is -0.543. The highest BCUT2D eigenvalue weighted by Gasteiger charge is 2.40. The Morgan fingerprint density at radius 1 is 1.11 bits per heavy atom. The minimum Gasteiger partial charge on any atom is -0.493 e. The zero-order chi connectivity index (χ0) is 19.0. The third kappa shape index (κ3) is 3.26. The van der Waals surface area contributed by atoms with E-state index in [1.807, 2.05) is 12.1 Å². The molecule has 0 aliphatic carbocycles. The summed E-state index contributed by atoms with van der Waals surface area (Å²) >= 11 is 0. The van der Waals surface area contributed by atoms with Gasteiger partial charge in [-0.2, -0.15) is 0 Å². The average Bonchev–Trinajstić information content (AvgIpc) is 3.16. The molecule has 7 heteroatoms. The van der Waals surface area contributed by atoms with Crippen LogP contribution in [0.15, 0.2) is 36.7 Å². The average molecular weight is 368 g/mol. The van der Waals surface area contributed by atoms with Crippen molar-refractivity contribution in [1.29, 1.82) is 0 Å². The van der Waals surface area contributed by atoms with Crippen LogP contribution in [-0.4, -0.2) is 57.3 Å². The van der Waals surface area contributed by atoms with Crippen molar-refractivity contribution in [2.75, 3.05) is 19.7 Å². The van der Waals surface area contributed by atoms with Crippen LogP contribution < -0.4 is 4.74 Å². The number of benzene rings is 1. The van der Waals surface area contributed by atoms with Crippen molar-refractivity contribution >= 4 is 11.9 Å². The minimum absolute atomic E-state index is 0.0199. The van der Waals surface area contributed by atoms with Gasteiger partial charge in [0, 0.05) is 50.3 Å². The largest absolute Gasteiger partial charge is 0.493 e. The normalized spacial score (nSPS) is 17.9. The van der Waals surface area contributed by atoms with Crippen molar-refractivity contribution in [3.8, 4) is 16.9 Å². The Bertz CT molecular complexity index is 903. The van der Waals surface area contributed by atoms with E-state index in [0.29, 0.717) is 12.2 Å². The van der Waals surface area contributed by atoms with Gasteiger partial charge in [-0.3, -0.25) is 9.78 Å². The van der Waals surface area contributed by atoms with E-state index in [9.17, 15) is 14.7 Å². The molecule has 4 rings (SSSR count). The van der Waals surface area contributed by atoms with E-state index >= 15 is 0 Å². The maximum absolute atomic E-state index is 12.8. The predicted molar refractivity (Wildman–Crippen MR) is 96.6 cm³/mol. The molecule has 1 aromatic heterocycles. The predicted octanol–water partition coefficient (Wildman–Crippen LogP) is 1.74. The summed E-state index contributed by atoms with van der Waals surface area (Å²) in [7, 11) is 0. The lowest BCUT2D eigenvalue weighted by atomic mass is 9.91. The number of hydrogen-bond donors (Lipinski definition) is 2. The summed E-state index contributed by atoms with van der Waals surface area (Å²) in [4.78, 5) is 29.7. The van der Waals surface area contributed by atoms with Crippen LogP contribution in [-0.2, 0) is 11.2 Å². The number of carboxylic acids is 1. The Balaban J connectivity index is 1.53. The molecule has 1 aromatic carbocycles. The molecule has 1 saturated heterocycles. The Labute approximate surface area is 156 Å². The number of fused-ring (bicyclic) bond motifs is 1. The quantitative estimate of drug-likeness (QED) is 0.856. The Hall–Kier alpha value is -2.93. The van der Waals surface area contributed by atoms with E-state index < -0.39 is 11.6 Å². The molecule has 140 valence electrons. The molecule has 0 bridgehead atoms.